The number of nitro groups is 1. The maximum Gasteiger partial charge on any atom is 0.272 e. The molecule has 2 saturated heterocycles. The molecular weight excluding hydrogens is 282 g/mol. The zero-order valence-electron chi connectivity index (χ0n) is 12.8. The molecule has 6 heteroatoms. The van der Waals surface area contributed by atoms with Gasteiger partial charge in [-0.1, -0.05) is 0 Å². The summed E-state index contributed by atoms with van der Waals surface area (Å²) in [7, 11) is 0. The van der Waals surface area contributed by atoms with Crippen molar-refractivity contribution >= 4 is 11.6 Å². The maximum atomic E-state index is 12.6. The lowest BCUT2D eigenvalue weighted by Gasteiger charge is -2.33. The highest BCUT2D eigenvalue weighted by Gasteiger charge is 2.40. The van der Waals surface area contributed by atoms with E-state index in [1.54, 1.807) is 19.1 Å². The minimum absolute atomic E-state index is 0.00611. The summed E-state index contributed by atoms with van der Waals surface area (Å²) in [5, 5.41) is 14.2. The Morgan fingerprint density at radius 2 is 2.05 bits per heavy atom. The summed E-state index contributed by atoms with van der Waals surface area (Å²) in [6.45, 7) is 5.32. The average molecular weight is 303 g/mol. The Morgan fingerprint density at radius 3 is 2.68 bits per heavy atom. The first kappa shape index (κ1) is 15.0. The molecule has 1 spiro atoms. The van der Waals surface area contributed by atoms with Crippen molar-refractivity contribution in [3.8, 4) is 0 Å². The van der Waals surface area contributed by atoms with Gasteiger partial charge >= 0.3 is 0 Å². The van der Waals surface area contributed by atoms with Crippen LogP contribution in [0.25, 0.3) is 0 Å². The maximum absolute atomic E-state index is 12.6. The molecule has 2 aliphatic heterocycles. The second-order valence-corrected chi connectivity index (χ2v) is 6.49. The third-order valence-electron chi connectivity index (χ3n) is 5.03. The van der Waals surface area contributed by atoms with Crippen molar-refractivity contribution in [1.82, 2.24) is 10.2 Å². The zero-order chi connectivity index (χ0) is 15.7. The summed E-state index contributed by atoms with van der Waals surface area (Å²) < 4.78 is 0. The van der Waals surface area contributed by atoms with Crippen LogP contribution >= 0.6 is 0 Å². The molecule has 0 aliphatic carbocycles. The zero-order valence-corrected chi connectivity index (χ0v) is 12.8. The minimum atomic E-state index is -0.413. The van der Waals surface area contributed by atoms with Crippen LogP contribution in [0.15, 0.2) is 18.2 Å². The number of hydrogen-bond acceptors (Lipinski definition) is 4. The van der Waals surface area contributed by atoms with Gasteiger partial charge < -0.3 is 10.2 Å². The summed E-state index contributed by atoms with van der Waals surface area (Å²) >= 11 is 0. The van der Waals surface area contributed by atoms with Crippen LogP contribution < -0.4 is 5.32 Å². The van der Waals surface area contributed by atoms with Gasteiger partial charge in [-0.3, -0.25) is 14.9 Å². The standard InChI is InChI=1S/C16H21N3O3/c1-12-10-13(2-3-14(12)19(21)22)15(20)18-9-6-16(11-18)4-7-17-8-5-16/h2-3,10,17H,4-9,11H2,1H3. The summed E-state index contributed by atoms with van der Waals surface area (Å²) in [4.78, 5) is 25.0. The van der Waals surface area contributed by atoms with E-state index >= 15 is 0 Å². The number of rotatable bonds is 2. The van der Waals surface area contributed by atoms with Crippen LogP contribution in [-0.4, -0.2) is 41.9 Å². The van der Waals surface area contributed by atoms with Crippen LogP contribution in [0.3, 0.4) is 0 Å². The molecule has 1 aromatic rings. The van der Waals surface area contributed by atoms with Gasteiger partial charge in [0, 0.05) is 30.3 Å². The molecule has 0 bridgehead atoms. The Bertz CT molecular complexity index is 609. The third kappa shape index (κ3) is 2.70. The van der Waals surface area contributed by atoms with Gasteiger partial charge in [-0.15, -0.1) is 0 Å². The van der Waals surface area contributed by atoms with Crippen LogP contribution in [0.1, 0.15) is 35.2 Å². The van der Waals surface area contributed by atoms with Crippen LogP contribution in [0.5, 0.6) is 0 Å². The number of benzene rings is 1. The molecule has 6 nitrogen and oxygen atoms in total. The molecule has 0 saturated carbocycles. The van der Waals surface area contributed by atoms with Gasteiger partial charge in [-0.2, -0.15) is 0 Å². The normalized spacial score (nSPS) is 20.3. The molecule has 2 aliphatic rings. The first-order valence-corrected chi connectivity index (χ1v) is 7.76. The van der Waals surface area contributed by atoms with Gasteiger partial charge in [-0.25, -0.2) is 0 Å². The lowest BCUT2D eigenvalue weighted by molar-refractivity contribution is -0.385. The number of nitrogens with zero attached hydrogens (tertiary/aromatic N) is 2. The first-order chi connectivity index (χ1) is 10.5. The number of piperidine rings is 1. The van der Waals surface area contributed by atoms with Gasteiger partial charge in [0.25, 0.3) is 11.6 Å². The lowest BCUT2D eigenvalue weighted by Crippen LogP contribution is -2.39. The topological polar surface area (TPSA) is 75.5 Å². The summed E-state index contributed by atoms with van der Waals surface area (Å²) in [5.74, 6) is -0.00611. The number of nitrogens with one attached hydrogen (secondary N) is 1. The first-order valence-electron chi connectivity index (χ1n) is 7.76. The van der Waals surface area contributed by atoms with Crippen molar-refractivity contribution < 1.29 is 9.72 Å². The second kappa shape index (κ2) is 5.68. The predicted octanol–water partition coefficient (Wildman–Crippen LogP) is 2.12. The van der Waals surface area contributed by atoms with Crippen LogP contribution in [0.2, 0.25) is 0 Å². The molecule has 2 fully saturated rings. The van der Waals surface area contributed by atoms with Crippen LogP contribution in [0, 0.1) is 22.5 Å². The van der Waals surface area contributed by atoms with Crippen molar-refractivity contribution in [1.29, 1.82) is 0 Å². The van der Waals surface area contributed by atoms with Gasteiger partial charge in [0.2, 0.25) is 0 Å². The average Bonchev–Trinajstić information content (AvgIpc) is 2.90. The molecule has 1 aromatic carbocycles. The highest BCUT2D eigenvalue weighted by atomic mass is 16.6. The Labute approximate surface area is 129 Å². The van der Waals surface area contributed by atoms with E-state index < -0.39 is 4.92 Å². The molecule has 2 heterocycles. The smallest absolute Gasteiger partial charge is 0.272 e. The van der Waals surface area contributed by atoms with E-state index in [-0.39, 0.29) is 17.0 Å². The Balaban J connectivity index is 1.75. The number of likely N-dealkylation sites (tertiary alicyclic amines) is 1. The largest absolute Gasteiger partial charge is 0.338 e. The van der Waals surface area contributed by atoms with Gasteiger partial charge in [0.05, 0.1) is 4.92 Å². The predicted molar refractivity (Wildman–Crippen MR) is 82.9 cm³/mol. The van der Waals surface area contributed by atoms with E-state index in [2.05, 4.69) is 5.32 Å². The fourth-order valence-corrected chi connectivity index (χ4v) is 3.65. The Kier molecular flexibility index (Phi) is 3.87. The summed E-state index contributed by atoms with van der Waals surface area (Å²) in [6.07, 6.45) is 3.30. The van der Waals surface area contributed by atoms with Crippen molar-refractivity contribution in [3.05, 3.63) is 39.4 Å². The number of aryl methyl sites for hydroxylation is 1. The molecular formula is C16H21N3O3. The van der Waals surface area contributed by atoms with E-state index in [1.807, 2.05) is 4.90 Å². The third-order valence-corrected chi connectivity index (χ3v) is 5.03. The summed E-state index contributed by atoms with van der Waals surface area (Å²) in [5.41, 5.74) is 1.42. The molecule has 0 radical (unpaired) electrons. The van der Waals surface area contributed by atoms with Crippen molar-refractivity contribution in [2.45, 2.75) is 26.2 Å². The Hall–Kier alpha value is -1.95. The number of carbonyl (C=O) groups excluding carboxylic acids is 1. The molecule has 22 heavy (non-hydrogen) atoms. The molecule has 118 valence electrons. The van der Waals surface area contributed by atoms with Crippen molar-refractivity contribution in [2.24, 2.45) is 5.41 Å². The molecule has 3 rings (SSSR count). The molecule has 0 aromatic heterocycles. The second-order valence-electron chi connectivity index (χ2n) is 6.49. The van der Waals surface area contributed by atoms with E-state index in [1.165, 1.54) is 6.07 Å². The minimum Gasteiger partial charge on any atom is -0.338 e. The van der Waals surface area contributed by atoms with Gasteiger partial charge in [0.1, 0.15) is 0 Å². The summed E-state index contributed by atoms with van der Waals surface area (Å²) in [6, 6.07) is 4.63. The molecule has 1 N–H and O–H groups in total. The number of amides is 1. The van der Waals surface area contributed by atoms with Gasteiger partial charge in [0.15, 0.2) is 0 Å². The Morgan fingerprint density at radius 1 is 1.32 bits per heavy atom. The fourth-order valence-electron chi connectivity index (χ4n) is 3.65. The SMILES string of the molecule is Cc1cc(C(=O)N2CCC3(CCNCC3)C2)ccc1[N+](=O)[O-]. The van der Waals surface area contributed by atoms with E-state index in [4.69, 9.17) is 0 Å². The van der Waals surface area contributed by atoms with E-state index in [0.717, 1.165) is 45.4 Å². The molecule has 1 amide bonds. The van der Waals surface area contributed by atoms with E-state index in [0.29, 0.717) is 11.1 Å². The lowest BCUT2D eigenvalue weighted by atomic mass is 9.78. The van der Waals surface area contributed by atoms with Gasteiger partial charge in [-0.05, 0) is 56.8 Å². The van der Waals surface area contributed by atoms with Crippen LogP contribution in [0.4, 0.5) is 5.69 Å². The molecule has 0 unspecified atom stereocenters. The monoisotopic (exact) mass is 303 g/mol. The van der Waals surface area contributed by atoms with Crippen molar-refractivity contribution in [2.75, 3.05) is 26.2 Å². The highest BCUT2D eigenvalue weighted by Crippen LogP contribution is 2.39. The molecule has 0 atom stereocenters. The highest BCUT2D eigenvalue weighted by molar-refractivity contribution is 5.95. The number of carbonyl (C=O) groups is 1. The quantitative estimate of drug-likeness (QED) is 0.671. The van der Waals surface area contributed by atoms with E-state index in [9.17, 15) is 14.9 Å². The number of nitro benzene ring substituents is 1. The number of hydrogen-bond donors (Lipinski definition) is 1. The van der Waals surface area contributed by atoms with Crippen molar-refractivity contribution in [3.63, 3.8) is 0 Å². The fraction of sp³-hybridized carbons (Fsp3) is 0.562. The van der Waals surface area contributed by atoms with Crippen LogP contribution in [-0.2, 0) is 0 Å².